The highest BCUT2D eigenvalue weighted by atomic mass is 16.5. The SMILES string of the molecule is CC[C@@H](C)N(Cc1cccc(C)c1)C[C@H](O)COc1ccc(OC)cc1. The molecule has 1 N–H and O–H groups in total. The average molecular weight is 357 g/mol. The summed E-state index contributed by atoms with van der Waals surface area (Å²) in [6.07, 6.45) is 0.494. The summed E-state index contributed by atoms with van der Waals surface area (Å²) in [5.74, 6) is 1.53. The van der Waals surface area contributed by atoms with E-state index in [1.807, 2.05) is 24.3 Å². The molecule has 0 aromatic heterocycles. The summed E-state index contributed by atoms with van der Waals surface area (Å²) in [7, 11) is 1.64. The van der Waals surface area contributed by atoms with Gasteiger partial charge in [0, 0.05) is 19.1 Å². The number of aliphatic hydroxyl groups is 1. The summed E-state index contributed by atoms with van der Waals surface area (Å²) in [5.41, 5.74) is 2.53. The van der Waals surface area contributed by atoms with Gasteiger partial charge in [-0.2, -0.15) is 0 Å². The summed E-state index contributed by atoms with van der Waals surface area (Å²) in [4.78, 5) is 2.32. The van der Waals surface area contributed by atoms with Crippen molar-refractivity contribution < 1.29 is 14.6 Å². The van der Waals surface area contributed by atoms with E-state index in [1.54, 1.807) is 7.11 Å². The minimum absolute atomic E-state index is 0.271. The Hall–Kier alpha value is -2.04. The Bertz CT molecular complexity index is 657. The van der Waals surface area contributed by atoms with Crippen LogP contribution in [0.2, 0.25) is 0 Å². The van der Waals surface area contributed by atoms with Crippen molar-refractivity contribution in [2.24, 2.45) is 0 Å². The lowest BCUT2D eigenvalue weighted by molar-refractivity contribution is 0.0506. The van der Waals surface area contributed by atoms with Crippen LogP contribution in [0.3, 0.4) is 0 Å². The molecular weight excluding hydrogens is 326 g/mol. The van der Waals surface area contributed by atoms with Crippen LogP contribution in [0.4, 0.5) is 0 Å². The Morgan fingerprint density at radius 2 is 1.77 bits per heavy atom. The van der Waals surface area contributed by atoms with Gasteiger partial charge in [0.2, 0.25) is 0 Å². The molecule has 4 heteroatoms. The van der Waals surface area contributed by atoms with Crippen LogP contribution in [0.1, 0.15) is 31.4 Å². The molecule has 0 aliphatic carbocycles. The lowest BCUT2D eigenvalue weighted by Crippen LogP contribution is -2.40. The number of hydrogen-bond acceptors (Lipinski definition) is 4. The van der Waals surface area contributed by atoms with Gasteiger partial charge < -0.3 is 14.6 Å². The van der Waals surface area contributed by atoms with Crippen LogP contribution in [0.15, 0.2) is 48.5 Å². The fourth-order valence-corrected chi connectivity index (χ4v) is 2.89. The Morgan fingerprint density at radius 3 is 2.38 bits per heavy atom. The Balaban J connectivity index is 1.91. The first-order valence-corrected chi connectivity index (χ1v) is 9.26. The minimum atomic E-state index is -0.545. The molecule has 0 unspecified atom stereocenters. The van der Waals surface area contributed by atoms with E-state index >= 15 is 0 Å². The maximum absolute atomic E-state index is 10.5. The summed E-state index contributed by atoms with van der Waals surface area (Å²) in [6.45, 7) is 8.16. The van der Waals surface area contributed by atoms with Gasteiger partial charge in [-0.1, -0.05) is 36.8 Å². The summed E-state index contributed by atoms with van der Waals surface area (Å²) < 4.78 is 10.9. The van der Waals surface area contributed by atoms with Gasteiger partial charge in [-0.3, -0.25) is 4.90 Å². The van der Waals surface area contributed by atoms with Gasteiger partial charge in [-0.25, -0.2) is 0 Å². The van der Waals surface area contributed by atoms with Gasteiger partial charge >= 0.3 is 0 Å². The molecule has 2 aromatic carbocycles. The monoisotopic (exact) mass is 357 g/mol. The minimum Gasteiger partial charge on any atom is -0.497 e. The molecule has 0 bridgehead atoms. The lowest BCUT2D eigenvalue weighted by atomic mass is 10.1. The van der Waals surface area contributed by atoms with Crippen LogP contribution in [0.25, 0.3) is 0 Å². The molecule has 0 aliphatic heterocycles. The average Bonchev–Trinajstić information content (AvgIpc) is 2.65. The van der Waals surface area contributed by atoms with Crippen molar-refractivity contribution in [1.29, 1.82) is 0 Å². The van der Waals surface area contributed by atoms with Gasteiger partial charge in [0.25, 0.3) is 0 Å². The number of benzene rings is 2. The quantitative estimate of drug-likeness (QED) is 0.697. The van der Waals surface area contributed by atoms with E-state index in [4.69, 9.17) is 9.47 Å². The van der Waals surface area contributed by atoms with E-state index in [2.05, 4.69) is 49.9 Å². The van der Waals surface area contributed by atoms with Crippen molar-refractivity contribution in [3.63, 3.8) is 0 Å². The predicted octanol–water partition coefficient (Wildman–Crippen LogP) is 4.04. The van der Waals surface area contributed by atoms with Crippen LogP contribution < -0.4 is 9.47 Å². The molecule has 142 valence electrons. The topological polar surface area (TPSA) is 41.9 Å². The first kappa shape index (κ1) is 20.3. The van der Waals surface area contributed by atoms with Gasteiger partial charge in [-0.05, 0) is 50.1 Å². The van der Waals surface area contributed by atoms with E-state index < -0.39 is 6.10 Å². The standard InChI is InChI=1S/C22H31NO3/c1-5-18(3)23(14-19-8-6-7-17(2)13-19)15-20(24)16-26-22-11-9-21(25-4)10-12-22/h6-13,18,20,24H,5,14-16H2,1-4H3/t18-,20+/m1/s1. The summed E-state index contributed by atoms with van der Waals surface area (Å²) in [6, 6.07) is 16.3. The summed E-state index contributed by atoms with van der Waals surface area (Å²) in [5, 5.41) is 10.5. The highest BCUT2D eigenvalue weighted by Crippen LogP contribution is 2.18. The molecule has 2 atom stereocenters. The maximum atomic E-state index is 10.5. The van der Waals surface area contributed by atoms with Gasteiger partial charge in [-0.15, -0.1) is 0 Å². The lowest BCUT2D eigenvalue weighted by Gasteiger charge is -2.30. The number of nitrogens with zero attached hydrogens (tertiary/aromatic N) is 1. The maximum Gasteiger partial charge on any atom is 0.119 e. The first-order chi connectivity index (χ1) is 12.5. The van der Waals surface area contributed by atoms with E-state index in [-0.39, 0.29) is 6.61 Å². The van der Waals surface area contributed by atoms with Crippen molar-refractivity contribution in [1.82, 2.24) is 4.90 Å². The molecule has 0 spiro atoms. The molecule has 0 heterocycles. The number of methoxy groups -OCH3 is 1. The van der Waals surface area contributed by atoms with Crippen LogP contribution in [0.5, 0.6) is 11.5 Å². The Labute approximate surface area is 157 Å². The van der Waals surface area contributed by atoms with Gasteiger partial charge in [0.05, 0.1) is 7.11 Å². The normalized spacial score (nSPS) is 13.5. The largest absolute Gasteiger partial charge is 0.497 e. The van der Waals surface area contributed by atoms with E-state index in [1.165, 1.54) is 11.1 Å². The second-order valence-electron chi connectivity index (χ2n) is 6.82. The molecule has 2 aromatic rings. The third kappa shape index (κ3) is 6.36. The van der Waals surface area contributed by atoms with E-state index in [0.29, 0.717) is 12.6 Å². The van der Waals surface area contributed by atoms with Gasteiger partial charge in [0.15, 0.2) is 0 Å². The Morgan fingerprint density at radius 1 is 1.08 bits per heavy atom. The van der Waals surface area contributed by atoms with Crippen molar-refractivity contribution >= 4 is 0 Å². The molecular formula is C22H31NO3. The van der Waals surface area contributed by atoms with Crippen LogP contribution in [0, 0.1) is 6.92 Å². The van der Waals surface area contributed by atoms with Crippen molar-refractivity contribution in [3.05, 3.63) is 59.7 Å². The fourth-order valence-electron chi connectivity index (χ4n) is 2.89. The zero-order valence-corrected chi connectivity index (χ0v) is 16.3. The third-order valence-corrected chi connectivity index (χ3v) is 4.63. The number of aryl methyl sites for hydroxylation is 1. The van der Waals surface area contributed by atoms with Crippen LogP contribution >= 0.6 is 0 Å². The van der Waals surface area contributed by atoms with Crippen molar-refractivity contribution in [2.75, 3.05) is 20.3 Å². The van der Waals surface area contributed by atoms with Gasteiger partial charge in [0.1, 0.15) is 24.2 Å². The van der Waals surface area contributed by atoms with Crippen LogP contribution in [-0.4, -0.2) is 42.4 Å². The molecule has 0 saturated heterocycles. The zero-order valence-electron chi connectivity index (χ0n) is 16.3. The van der Waals surface area contributed by atoms with Crippen molar-refractivity contribution in [3.8, 4) is 11.5 Å². The molecule has 0 aliphatic rings. The van der Waals surface area contributed by atoms with Crippen molar-refractivity contribution in [2.45, 2.75) is 45.9 Å². The predicted molar refractivity (Wildman–Crippen MR) is 106 cm³/mol. The second kappa shape index (κ2) is 10.2. The van der Waals surface area contributed by atoms with E-state index in [9.17, 15) is 5.11 Å². The highest BCUT2D eigenvalue weighted by molar-refractivity contribution is 5.31. The number of hydrogen-bond donors (Lipinski definition) is 1. The molecule has 26 heavy (non-hydrogen) atoms. The molecule has 2 rings (SSSR count). The fraction of sp³-hybridized carbons (Fsp3) is 0.455. The third-order valence-electron chi connectivity index (χ3n) is 4.63. The Kier molecular flexibility index (Phi) is 7.95. The molecule has 0 saturated carbocycles. The number of ether oxygens (including phenoxy) is 2. The zero-order chi connectivity index (χ0) is 18.9. The smallest absolute Gasteiger partial charge is 0.119 e. The number of rotatable bonds is 10. The molecule has 4 nitrogen and oxygen atoms in total. The van der Waals surface area contributed by atoms with Crippen LogP contribution in [-0.2, 0) is 6.54 Å². The highest BCUT2D eigenvalue weighted by Gasteiger charge is 2.17. The van der Waals surface area contributed by atoms with E-state index in [0.717, 1.165) is 24.5 Å². The first-order valence-electron chi connectivity index (χ1n) is 9.26. The number of aliphatic hydroxyl groups excluding tert-OH is 1. The molecule has 0 fully saturated rings. The second-order valence-corrected chi connectivity index (χ2v) is 6.82. The summed E-state index contributed by atoms with van der Waals surface area (Å²) >= 11 is 0. The molecule has 0 amide bonds. The molecule has 0 radical (unpaired) electrons.